The first-order valence-electron chi connectivity index (χ1n) is 7.59. The zero-order valence-electron chi connectivity index (χ0n) is 12.7. The molecule has 3 rings (SSSR count). The highest BCUT2D eigenvalue weighted by atomic mass is 16.5. The number of aliphatic hydroxyl groups excluding tert-OH is 1. The van der Waals surface area contributed by atoms with Crippen molar-refractivity contribution in [2.75, 3.05) is 20.3 Å². The van der Waals surface area contributed by atoms with E-state index in [9.17, 15) is 5.11 Å². The van der Waals surface area contributed by atoms with Crippen LogP contribution in [0.2, 0.25) is 0 Å². The summed E-state index contributed by atoms with van der Waals surface area (Å²) in [6, 6.07) is 12.8. The maximum Gasteiger partial charge on any atom is 0.126 e. The van der Waals surface area contributed by atoms with Gasteiger partial charge in [-0.05, 0) is 36.8 Å². The van der Waals surface area contributed by atoms with Crippen molar-refractivity contribution < 1.29 is 9.84 Å². The quantitative estimate of drug-likeness (QED) is 0.856. The fourth-order valence-corrected chi connectivity index (χ4v) is 2.90. The van der Waals surface area contributed by atoms with Gasteiger partial charge in [-0.25, -0.2) is 0 Å². The molecule has 112 valence electrons. The van der Waals surface area contributed by atoms with Crippen molar-refractivity contribution >= 4 is 10.8 Å². The Morgan fingerprint density at radius 2 is 1.90 bits per heavy atom. The molecule has 1 saturated carbocycles. The lowest BCUT2D eigenvalue weighted by atomic mass is 9.98. The molecule has 0 spiro atoms. The van der Waals surface area contributed by atoms with Crippen molar-refractivity contribution in [2.24, 2.45) is 5.41 Å². The Morgan fingerprint density at radius 3 is 2.52 bits per heavy atom. The monoisotopic (exact) mass is 285 g/mol. The average molecular weight is 285 g/mol. The molecule has 1 atom stereocenters. The summed E-state index contributed by atoms with van der Waals surface area (Å²) >= 11 is 0. The molecule has 0 aliphatic heterocycles. The van der Waals surface area contributed by atoms with Gasteiger partial charge in [-0.15, -0.1) is 0 Å². The summed E-state index contributed by atoms with van der Waals surface area (Å²) in [5.41, 5.74) is 1.41. The van der Waals surface area contributed by atoms with Crippen molar-refractivity contribution in [1.82, 2.24) is 5.32 Å². The van der Waals surface area contributed by atoms with Gasteiger partial charge in [0.25, 0.3) is 0 Å². The molecule has 0 radical (unpaired) electrons. The van der Waals surface area contributed by atoms with Crippen molar-refractivity contribution in [3.05, 3.63) is 42.0 Å². The Kier molecular flexibility index (Phi) is 3.87. The van der Waals surface area contributed by atoms with E-state index in [0.717, 1.165) is 30.5 Å². The number of hydrogen-bond donors (Lipinski definition) is 2. The van der Waals surface area contributed by atoms with Crippen molar-refractivity contribution in [2.45, 2.75) is 25.8 Å². The predicted octanol–water partition coefficient (Wildman–Crippen LogP) is 3.27. The Bertz CT molecular complexity index is 634. The molecule has 21 heavy (non-hydrogen) atoms. The molecule has 0 aromatic heterocycles. The Hall–Kier alpha value is -1.58. The van der Waals surface area contributed by atoms with E-state index in [1.807, 2.05) is 12.1 Å². The lowest BCUT2D eigenvalue weighted by molar-refractivity contribution is 0.205. The van der Waals surface area contributed by atoms with Gasteiger partial charge in [-0.1, -0.05) is 30.3 Å². The molecule has 0 heterocycles. The van der Waals surface area contributed by atoms with Crippen LogP contribution >= 0.6 is 0 Å². The average Bonchev–Trinajstić information content (AvgIpc) is 3.32. The van der Waals surface area contributed by atoms with Crippen LogP contribution in [-0.2, 0) is 0 Å². The summed E-state index contributed by atoms with van der Waals surface area (Å²) < 4.78 is 5.45. The summed E-state index contributed by atoms with van der Waals surface area (Å²) in [5, 5.41) is 15.4. The topological polar surface area (TPSA) is 41.5 Å². The van der Waals surface area contributed by atoms with Crippen LogP contribution in [0.1, 0.15) is 31.4 Å². The van der Waals surface area contributed by atoms with Crippen LogP contribution in [0.5, 0.6) is 5.75 Å². The molecule has 1 aliphatic rings. The van der Waals surface area contributed by atoms with Gasteiger partial charge in [0.2, 0.25) is 0 Å². The van der Waals surface area contributed by atoms with Crippen LogP contribution in [0, 0.1) is 5.41 Å². The largest absolute Gasteiger partial charge is 0.496 e. The number of benzene rings is 2. The molecule has 0 bridgehead atoms. The SMILES string of the molecule is COc1ccc(C(C)NCC2(CO)CC2)c2ccccc12. The second-order valence-corrected chi connectivity index (χ2v) is 6.16. The zero-order chi connectivity index (χ0) is 14.9. The maximum absolute atomic E-state index is 9.42. The lowest BCUT2D eigenvalue weighted by Gasteiger charge is -2.21. The van der Waals surface area contributed by atoms with Crippen LogP contribution < -0.4 is 10.1 Å². The Balaban J connectivity index is 1.86. The van der Waals surface area contributed by atoms with Gasteiger partial charge in [-0.2, -0.15) is 0 Å². The molecule has 3 heteroatoms. The number of hydrogen-bond acceptors (Lipinski definition) is 3. The number of fused-ring (bicyclic) bond motifs is 1. The molecule has 1 unspecified atom stereocenters. The lowest BCUT2D eigenvalue weighted by Crippen LogP contribution is -2.28. The van der Waals surface area contributed by atoms with Crippen LogP contribution in [0.15, 0.2) is 36.4 Å². The van der Waals surface area contributed by atoms with Gasteiger partial charge < -0.3 is 15.2 Å². The van der Waals surface area contributed by atoms with Crippen molar-refractivity contribution in [1.29, 1.82) is 0 Å². The fourth-order valence-electron chi connectivity index (χ4n) is 2.90. The van der Waals surface area contributed by atoms with E-state index >= 15 is 0 Å². The smallest absolute Gasteiger partial charge is 0.126 e. The molecule has 2 N–H and O–H groups in total. The van der Waals surface area contributed by atoms with Crippen molar-refractivity contribution in [3.8, 4) is 5.75 Å². The first-order valence-corrected chi connectivity index (χ1v) is 7.59. The number of aliphatic hydroxyl groups is 1. The summed E-state index contributed by atoms with van der Waals surface area (Å²) in [7, 11) is 1.71. The third-order valence-corrected chi connectivity index (χ3v) is 4.68. The maximum atomic E-state index is 9.42. The number of methoxy groups -OCH3 is 1. The normalized spacial score (nSPS) is 17.7. The summed E-state index contributed by atoms with van der Waals surface area (Å²) in [4.78, 5) is 0. The summed E-state index contributed by atoms with van der Waals surface area (Å²) in [5.74, 6) is 0.913. The van der Waals surface area contributed by atoms with Crippen LogP contribution in [0.25, 0.3) is 10.8 Å². The first-order chi connectivity index (χ1) is 10.2. The molecular weight excluding hydrogens is 262 g/mol. The van der Waals surface area contributed by atoms with Gasteiger partial charge in [0.1, 0.15) is 5.75 Å². The van der Waals surface area contributed by atoms with E-state index in [2.05, 4.69) is 36.5 Å². The number of ether oxygens (including phenoxy) is 1. The highest BCUT2D eigenvalue weighted by Gasteiger charge is 2.41. The molecule has 0 amide bonds. The minimum atomic E-state index is 0.135. The van der Waals surface area contributed by atoms with E-state index in [1.54, 1.807) is 7.11 Å². The van der Waals surface area contributed by atoms with Crippen LogP contribution in [-0.4, -0.2) is 25.4 Å². The minimum absolute atomic E-state index is 0.135. The van der Waals surface area contributed by atoms with Crippen molar-refractivity contribution in [3.63, 3.8) is 0 Å². The van der Waals surface area contributed by atoms with Gasteiger partial charge in [0.15, 0.2) is 0 Å². The summed E-state index contributed by atoms with van der Waals surface area (Å²) in [6.45, 7) is 3.35. The standard InChI is InChI=1S/C18H23NO2/c1-13(19-11-18(12-20)9-10-18)14-7-8-17(21-2)16-6-4-3-5-15(14)16/h3-8,13,19-20H,9-12H2,1-2H3. The van der Waals surface area contributed by atoms with E-state index in [1.165, 1.54) is 10.9 Å². The van der Waals surface area contributed by atoms with E-state index < -0.39 is 0 Å². The van der Waals surface area contributed by atoms with Gasteiger partial charge in [-0.3, -0.25) is 0 Å². The molecule has 1 aliphatic carbocycles. The van der Waals surface area contributed by atoms with E-state index in [4.69, 9.17) is 4.74 Å². The third kappa shape index (κ3) is 2.76. The third-order valence-electron chi connectivity index (χ3n) is 4.68. The van der Waals surface area contributed by atoms with Gasteiger partial charge >= 0.3 is 0 Å². The first kappa shape index (κ1) is 14.4. The van der Waals surface area contributed by atoms with Gasteiger partial charge in [0.05, 0.1) is 7.11 Å². The number of nitrogens with one attached hydrogen (secondary N) is 1. The Morgan fingerprint density at radius 1 is 1.19 bits per heavy atom. The highest BCUT2D eigenvalue weighted by molar-refractivity contribution is 5.91. The minimum Gasteiger partial charge on any atom is -0.496 e. The molecule has 2 aromatic carbocycles. The second kappa shape index (κ2) is 5.66. The molecule has 3 nitrogen and oxygen atoms in total. The molecule has 0 saturated heterocycles. The van der Waals surface area contributed by atoms with Crippen LogP contribution in [0.3, 0.4) is 0 Å². The van der Waals surface area contributed by atoms with E-state index in [-0.39, 0.29) is 18.1 Å². The second-order valence-electron chi connectivity index (χ2n) is 6.16. The summed E-state index contributed by atoms with van der Waals surface area (Å²) in [6.07, 6.45) is 2.26. The molecule has 1 fully saturated rings. The fraction of sp³-hybridized carbons (Fsp3) is 0.444. The van der Waals surface area contributed by atoms with E-state index in [0.29, 0.717) is 0 Å². The van der Waals surface area contributed by atoms with Gasteiger partial charge in [0, 0.05) is 30.0 Å². The van der Waals surface area contributed by atoms with Crippen LogP contribution in [0.4, 0.5) is 0 Å². The molecular formula is C18H23NO2. The number of rotatable bonds is 6. The Labute approximate surface area is 125 Å². The molecule has 2 aromatic rings. The highest BCUT2D eigenvalue weighted by Crippen LogP contribution is 2.44. The zero-order valence-corrected chi connectivity index (χ0v) is 12.7. The predicted molar refractivity (Wildman–Crippen MR) is 85.7 cm³/mol.